The smallest absolute Gasteiger partial charge is 0.0294 e. The normalized spacial score (nSPS) is 12.6. The fourth-order valence-electron chi connectivity index (χ4n) is 2.11. The maximum absolute atomic E-state index is 6.19. The SMILES string of the molecule is CCc1ccc(CCCC(N)c2ccccc2)s1. The van der Waals surface area contributed by atoms with Crippen LogP contribution in [-0.4, -0.2) is 0 Å². The Bertz CT molecular complexity index is 461. The van der Waals surface area contributed by atoms with E-state index in [-0.39, 0.29) is 6.04 Å². The first kappa shape index (κ1) is 13.3. The minimum absolute atomic E-state index is 0.178. The predicted octanol–water partition coefficient (Wildman–Crippen LogP) is 4.33. The summed E-state index contributed by atoms with van der Waals surface area (Å²) >= 11 is 1.94. The van der Waals surface area contributed by atoms with Crippen LogP contribution in [0.5, 0.6) is 0 Å². The van der Waals surface area contributed by atoms with Crippen molar-refractivity contribution < 1.29 is 0 Å². The lowest BCUT2D eigenvalue weighted by molar-refractivity contribution is 0.614. The van der Waals surface area contributed by atoms with E-state index in [0.29, 0.717) is 0 Å². The zero-order valence-electron chi connectivity index (χ0n) is 10.9. The molecule has 0 aliphatic carbocycles. The maximum Gasteiger partial charge on any atom is 0.0294 e. The summed E-state index contributed by atoms with van der Waals surface area (Å²) in [4.78, 5) is 2.98. The molecule has 0 fully saturated rings. The van der Waals surface area contributed by atoms with Gasteiger partial charge >= 0.3 is 0 Å². The lowest BCUT2D eigenvalue weighted by atomic mass is 10.0. The van der Waals surface area contributed by atoms with Crippen molar-refractivity contribution in [3.8, 4) is 0 Å². The Hall–Kier alpha value is -1.12. The number of benzene rings is 1. The van der Waals surface area contributed by atoms with Crippen molar-refractivity contribution in [1.82, 2.24) is 0 Å². The van der Waals surface area contributed by atoms with E-state index in [0.717, 1.165) is 19.3 Å². The molecule has 2 aromatic rings. The Kier molecular flexibility index (Phi) is 4.97. The van der Waals surface area contributed by atoms with E-state index in [1.807, 2.05) is 17.4 Å². The Morgan fingerprint density at radius 2 is 1.78 bits per heavy atom. The highest BCUT2D eigenvalue weighted by molar-refractivity contribution is 7.11. The Morgan fingerprint density at radius 1 is 1.06 bits per heavy atom. The van der Waals surface area contributed by atoms with E-state index in [4.69, 9.17) is 5.73 Å². The molecule has 2 N–H and O–H groups in total. The second-order valence-corrected chi connectivity index (χ2v) is 5.88. The third kappa shape index (κ3) is 3.69. The summed E-state index contributed by atoms with van der Waals surface area (Å²) in [6.45, 7) is 2.21. The zero-order chi connectivity index (χ0) is 12.8. The van der Waals surface area contributed by atoms with Gasteiger partial charge in [0.05, 0.1) is 0 Å². The first-order chi connectivity index (χ1) is 8.79. The molecule has 0 bridgehead atoms. The molecule has 18 heavy (non-hydrogen) atoms. The van der Waals surface area contributed by atoms with Crippen molar-refractivity contribution in [1.29, 1.82) is 0 Å². The topological polar surface area (TPSA) is 26.0 Å². The molecular formula is C16H21NS. The first-order valence-corrected chi connectivity index (χ1v) is 7.49. The van der Waals surface area contributed by atoms with E-state index in [1.165, 1.54) is 21.7 Å². The Morgan fingerprint density at radius 3 is 2.44 bits per heavy atom. The first-order valence-electron chi connectivity index (χ1n) is 6.67. The highest BCUT2D eigenvalue weighted by Gasteiger charge is 2.05. The standard InChI is InChI=1S/C16H21NS/c1-2-14-11-12-15(18-14)9-6-10-16(17)13-7-4-3-5-8-13/h3-5,7-8,11-12,16H,2,6,9-10,17H2,1H3. The molecule has 0 spiro atoms. The zero-order valence-corrected chi connectivity index (χ0v) is 11.7. The van der Waals surface area contributed by atoms with E-state index < -0.39 is 0 Å². The fraction of sp³-hybridized carbons (Fsp3) is 0.375. The minimum atomic E-state index is 0.178. The molecule has 1 heterocycles. The van der Waals surface area contributed by atoms with Gasteiger partial charge in [0, 0.05) is 15.8 Å². The summed E-state index contributed by atoms with van der Waals surface area (Å²) in [7, 11) is 0. The van der Waals surface area contributed by atoms with Gasteiger partial charge in [-0.1, -0.05) is 37.3 Å². The molecule has 2 heteroatoms. The van der Waals surface area contributed by atoms with Gasteiger partial charge in [-0.05, 0) is 43.4 Å². The largest absolute Gasteiger partial charge is 0.324 e. The molecule has 0 saturated heterocycles. The van der Waals surface area contributed by atoms with Crippen LogP contribution in [0, 0.1) is 0 Å². The van der Waals surface area contributed by atoms with Crippen LogP contribution in [0.2, 0.25) is 0 Å². The van der Waals surface area contributed by atoms with Gasteiger partial charge in [-0.15, -0.1) is 11.3 Å². The van der Waals surface area contributed by atoms with Crippen molar-refractivity contribution in [3.63, 3.8) is 0 Å². The van der Waals surface area contributed by atoms with Crippen molar-refractivity contribution >= 4 is 11.3 Å². The van der Waals surface area contributed by atoms with Crippen LogP contribution >= 0.6 is 11.3 Å². The molecule has 0 radical (unpaired) electrons. The molecule has 1 atom stereocenters. The van der Waals surface area contributed by atoms with E-state index in [9.17, 15) is 0 Å². The van der Waals surface area contributed by atoms with Gasteiger partial charge in [0.15, 0.2) is 0 Å². The highest BCUT2D eigenvalue weighted by atomic mass is 32.1. The van der Waals surface area contributed by atoms with Crippen molar-refractivity contribution in [2.75, 3.05) is 0 Å². The van der Waals surface area contributed by atoms with Gasteiger partial charge in [0.1, 0.15) is 0 Å². The van der Waals surface area contributed by atoms with E-state index >= 15 is 0 Å². The van der Waals surface area contributed by atoms with Crippen LogP contribution < -0.4 is 5.73 Å². The van der Waals surface area contributed by atoms with Crippen LogP contribution in [0.3, 0.4) is 0 Å². The van der Waals surface area contributed by atoms with Crippen molar-refractivity contribution in [2.45, 2.75) is 38.6 Å². The van der Waals surface area contributed by atoms with E-state index in [2.05, 4.69) is 43.3 Å². The summed E-state index contributed by atoms with van der Waals surface area (Å²) < 4.78 is 0. The average Bonchev–Trinajstić information content (AvgIpc) is 2.87. The molecule has 1 aromatic carbocycles. The number of aryl methyl sites for hydroxylation is 2. The van der Waals surface area contributed by atoms with Gasteiger partial charge in [-0.3, -0.25) is 0 Å². The quantitative estimate of drug-likeness (QED) is 0.821. The molecule has 96 valence electrons. The second-order valence-electron chi connectivity index (χ2n) is 4.63. The number of rotatable bonds is 6. The second kappa shape index (κ2) is 6.72. The monoisotopic (exact) mass is 259 g/mol. The average molecular weight is 259 g/mol. The fourth-order valence-corrected chi connectivity index (χ4v) is 3.11. The lowest BCUT2D eigenvalue weighted by Crippen LogP contribution is -2.10. The number of hydrogen-bond acceptors (Lipinski definition) is 2. The summed E-state index contributed by atoms with van der Waals surface area (Å²) in [5, 5.41) is 0. The predicted molar refractivity (Wildman–Crippen MR) is 80.0 cm³/mol. The highest BCUT2D eigenvalue weighted by Crippen LogP contribution is 2.21. The maximum atomic E-state index is 6.19. The van der Waals surface area contributed by atoms with Crippen LogP contribution in [0.15, 0.2) is 42.5 Å². The van der Waals surface area contributed by atoms with Gasteiger partial charge in [-0.2, -0.15) is 0 Å². The molecule has 2 rings (SSSR count). The van der Waals surface area contributed by atoms with Crippen LogP contribution in [0.1, 0.15) is 41.1 Å². The minimum Gasteiger partial charge on any atom is -0.324 e. The Labute approximate surface area is 114 Å². The third-order valence-corrected chi connectivity index (χ3v) is 4.52. The molecule has 0 amide bonds. The summed E-state index contributed by atoms with van der Waals surface area (Å²) in [6.07, 6.45) is 4.53. The summed E-state index contributed by atoms with van der Waals surface area (Å²) in [5.74, 6) is 0. The summed E-state index contributed by atoms with van der Waals surface area (Å²) in [5.41, 5.74) is 7.44. The number of thiophene rings is 1. The number of hydrogen-bond donors (Lipinski definition) is 1. The van der Waals surface area contributed by atoms with Crippen LogP contribution in [-0.2, 0) is 12.8 Å². The van der Waals surface area contributed by atoms with Crippen LogP contribution in [0.25, 0.3) is 0 Å². The molecule has 1 unspecified atom stereocenters. The number of nitrogens with two attached hydrogens (primary N) is 1. The summed E-state index contributed by atoms with van der Waals surface area (Å²) in [6, 6.07) is 15.1. The van der Waals surface area contributed by atoms with Gasteiger partial charge in [0.2, 0.25) is 0 Å². The van der Waals surface area contributed by atoms with Crippen molar-refractivity contribution in [3.05, 3.63) is 57.8 Å². The molecular weight excluding hydrogens is 238 g/mol. The third-order valence-electron chi connectivity index (χ3n) is 3.23. The van der Waals surface area contributed by atoms with Crippen LogP contribution in [0.4, 0.5) is 0 Å². The lowest BCUT2D eigenvalue weighted by Gasteiger charge is -2.11. The molecule has 0 aliphatic heterocycles. The van der Waals surface area contributed by atoms with Gasteiger partial charge in [0.25, 0.3) is 0 Å². The van der Waals surface area contributed by atoms with Gasteiger partial charge in [-0.25, -0.2) is 0 Å². The molecule has 0 aliphatic rings. The molecule has 1 nitrogen and oxygen atoms in total. The van der Waals surface area contributed by atoms with Crippen molar-refractivity contribution in [2.24, 2.45) is 5.73 Å². The van der Waals surface area contributed by atoms with E-state index in [1.54, 1.807) is 0 Å². The van der Waals surface area contributed by atoms with Gasteiger partial charge < -0.3 is 5.73 Å². The molecule has 1 aromatic heterocycles. The Balaban J connectivity index is 1.78. The molecule has 0 saturated carbocycles.